The normalized spacial score (nSPS) is 14.8. The second-order valence-electron chi connectivity index (χ2n) is 6.41. The Kier molecular flexibility index (Phi) is 6.28. The summed E-state index contributed by atoms with van der Waals surface area (Å²) in [6.45, 7) is 10.8. The molecule has 0 N–H and O–H groups in total. The number of hydrogen-bond acceptors (Lipinski definition) is 2. The molecule has 0 saturated heterocycles. The highest BCUT2D eigenvalue weighted by molar-refractivity contribution is 5.61. The molecule has 0 aromatic carbocycles. The second-order valence-corrected chi connectivity index (χ2v) is 6.41. The molecule has 1 aliphatic rings. The van der Waals surface area contributed by atoms with Crippen molar-refractivity contribution in [2.24, 2.45) is 5.92 Å². The van der Waals surface area contributed by atoms with E-state index in [2.05, 4.69) is 35.5 Å². The number of hydrogen-bond donors (Lipinski definition) is 0. The lowest BCUT2D eigenvalue weighted by molar-refractivity contribution is 0.280. The van der Waals surface area contributed by atoms with Gasteiger partial charge in [0.05, 0.1) is 0 Å². The fourth-order valence-corrected chi connectivity index (χ4v) is 2.99. The minimum Gasteiger partial charge on any atom is -0.371 e. The molecule has 1 aliphatic carbocycles. The molecule has 0 amide bonds. The maximum atomic E-state index is 4.39. The molecule has 0 radical (unpaired) electrons. The molecule has 1 aromatic rings. The molecule has 0 aliphatic heterocycles. The second kappa shape index (κ2) is 8.21. The van der Waals surface area contributed by atoms with Crippen LogP contribution in [-0.4, -0.2) is 23.0 Å². The van der Waals surface area contributed by atoms with Crippen molar-refractivity contribution in [2.45, 2.75) is 58.8 Å². The van der Waals surface area contributed by atoms with Gasteiger partial charge in [0.1, 0.15) is 0 Å². The van der Waals surface area contributed by atoms with Gasteiger partial charge in [0.15, 0.2) is 0 Å². The van der Waals surface area contributed by atoms with Crippen molar-refractivity contribution in [3.05, 3.63) is 36.2 Å². The van der Waals surface area contributed by atoms with Crippen molar-refractivity contribution in [1.29, 1.82) is 0 Å². The summed E-state index contributed by atoms with van der Waals surface area (Å²) in [5.74, 6) is 1.04. The maximum absolute atomic E-state index is 4.39. The predicted octanol–water partition coefficient (Wildman–Crippen LogP) is 5.04. The van der Waals surface area contributed by atoms with Gasteiger partial charge in [-0.1, -0.05) is 45.6 Å². The van der Waals surface area contributed by atoms with E-state index in [9.17, 15) is 0 Å². The highest BCUT2D eigenvalue weighted by atomic mass is 15.1. The van der Waals surface area contributed by atoms with Crippen molar-refractivity contribution < 1.29 is 0 Å². The van der Waals surface area contributed by atoms with Gasteiger partial charge >= 0.3 is 0 Å². The standard InChI is InChI=1S/C19H30N2/c1-4-13-21(14-6-5-8-18-9-7-10-18)17(3)19-12-11-16(2)20-15-19/h11-12,15,18H,3-10,13-14H2,1-2H3. The lowest BCUT2D eigenvalue weighted by Crippen LogP contribution is -2.24. The molecule has 1 heterocycles. The molecule has 2 rings (SSSR count). The van der Waals surface area contributed by atoms with Gasteiger partial charge in [-0.2, -0.15) is 0 Å². The number of nitrogens with zero attached hydrogens (tertiary/aromatic N) is 2. The van der Waals surface area contributed by atoms with Gasteiger partial charge in [-0.25, -0.2) is 0 Å². The molecule has 1 fully saturated rings. The van der Waals surface area contributed by atoms with Crippen LogP contribution in [-0.2, 0) is 0 Å². The zero-order valence-electron chi connectivity index (χ0n) is 13.8. The van der Waals surface area contributed by atoms with E-state index in [0.29, 0.717) is 0 Å². The Balaban J connectivity index is 1.81. The first-order chi connectivity index (χ1) is 10.2. The van der Waals surface area contributed by atoms with Crippen LogP contribution in [0.25, 0.3) is 5.70 Å². The average Bonchev–Trinajstić information content (AvgIpc) is 2.44. The van der Waals surface area contributed by atoms with E-state index in [1.165, 1.54) is 44.9 Å². The first-order valence-corrected chi connectivity index (χ1v) is 8.57. The van der Waals surface area contributed by atoms with E-state index in [0.717, 1.165) is 36.0 Å². The third-order valence-corrected chi connectivity index (χ3v) is 4.63. The summed E-state index contributed by atoms with van der Waals surface area (Å²) < 4.78 is 0. The number of aromatic nitrogens is 1. The number of rotatable bonds is 9. The molecule has 1 saturated carbocycles. The van der Waals surface area contributed by atoms with Crippen LogP contribution in [0.3, 0.4) is 0 Å². The van der Waals surface area contributed by atoms with Crippen LogP contribution >= 0.6 is 0 Å². The van der Waals surface area contributed by atoms with E-state index in [1.807, 2.05) is 13.1 Å². The molecule has 0 unspecified atom stereocenters. The molecular formula is C19H30N2. The quantitative estimate of drug-likeness (QED) is 0.591. The Morgan fingerprint density at radius 2 is 2.10 bits per heavy atom. The Bertz CT molecular complexity index is 431. The van der Waals surface area contributed by atoms with Gasteiger partial charge in [0.2, 0.25) is 0 Å². The lowest BCUT2D eigenvalue weighted by Gasteiger charge is -2.28. The van der Waals surface area contributed by atoms with E-state index in [4.69, 9.17) is 0 Å². The summed E-state index contributed by atoms with van der Waals surface area (Å²) in [6.07, 6.45) is 11.6. The summed E-state index contributed by atoms with van der Waals surface area (Å²) in [5, 5.41) is 0. The number of unbranched alkanes of at least 4 members (excludes halogenated alkanes) is 1. The highest BCUT2D eigenvalue weighted by Crippen LogP contribution is 2.31. The molecule has 116 valence electrons. The van der Waals surface area contributed by atoms with Gasteiger partial charge in [-0.15, -0.1) is 0 Å². The van der Waals surface area contributed by atoms with Crippen LogP contribution in [0.1, 0.15) is 63.1 Å². The zero-order chi connectivity index (χ0) is 15.1. The summed E-state index contributed by atoms with van der Waals surface area (Å²) in [5.41, 5.74) is 3.36. The highest BCUT2D eigenvalue weighted by Gasteiger charge is 2.16. The molecular weight excluding hydrogens is 256 g/mol. The smallest absolute Gasteiger partial charge is 0.0382 e. The molecule has 21 heavy (non-hydrogen) atoms. The van der Waals surface area contributed by atoms with Crippen molar-refractivity contribution in [2.75, 3.05) is 13.1 Å². The Labute approximate surface area is 130 Å². The van der Waals surface area contributed by atoms with Crippen molar-refractivity contribution in [3.8, 4) is 0 Å². The third kappa shape index (κ3) is 4.87. The minimum absolute atomic E-state index is 1.04. The predicted molar refractivity (Wildman–Crippen MR) is 91.1 cm³/mol. The molecule has 0 bridgehead atoms. The fourth-order valence-electron chi connectivity index (χ4n) is 2.99. The summed E-state index contributed by atoms with van der Waals surface area (Å²) in [6, 6.07) is 4.21. The summed E-state index contributed by atoms with van der Waals surface area (Å²) in [4.78, 5) is 6.83. The zero-order valence-corrected chi connectivity index (χ0v) is 13.8. The molecule has 0 atom stereocenters. The lowest BCUT2D eigenvalue weighted by atomic mass is 9.82. The first kappa shape index (κ1) is 16.1. The van der Waals surface area contributed by atoms with E-state index in [1.54, 1.807) is 0 Å². The van der Waals surface area contributed by atoms with Gasteiger partial charge < -0.3 is 4.90 Å². The average molecular weight is 286 g/mol. The third-order valence-electron chi connectivity index (χ3n) is 4.63. The van der Waals surface area contributed by atoms with E-state index >= 15 is 0 Å². The largest absolute Gasteiger partial charge is 0.371 e. The van der Waals surface area contributed by atoms with Gasteiger partial charge in [-0.3, -0.25) is 4.98 Å². The monoisotopic (exact) mass is 286 g/mol. The SMILES string of the molecule is C=C(c1ccc(C)nc1)N(CCC)CCCCC1CCC1. The van der Waals surface area contributed by atoms with Gasteiger partial charge in [0.25, 0.3) is 0 Å². The molecule has 2 nitrogen and oxygen atoms in total. The molecule has 0 spiro atoms. The maximum Gasteiger partial charge on any atom is 0.0382 e. The van der Waals surface area contributed by atoms with E-state index < -0.39 is 0 Å². The Morgan fingerprint density at radius 1 is 1.29 bits per heavy atom. The molecule has 1 aromatic heterocycles. The van der Waals surface area contributed by atoms with E-state index in [-0.39, 0.29) is 0 Å². The van der Waals surface area contributed by atoms with Crippen molar-refractivity contribution >= 4 is 5.70 Å². The van der Waals surface area contributed by atoms with Crippen LogP contribution in [0.2, 0.25) is 0 Å². The summed E-state index contributed by atoms with van der Waals surface area (Å²) in [7, 11) is 0. The Hall–Kier alpha value is -1.31. The van der Waals surface area contributed by atoms with Gasteiger partial charge in [-0.05, 0) is 37.8 Å². The van der Waals surface area contributed by atoms with Crippen LogP contribution in [0.5, 0.6) is 0 Å². The summed E-state index contributed by atoms with van der Waals surface area (Å²) >= 11 is 0. The van der Waals surface area contributed by atoms with Gasteiger partial charge in [0, 0.05) is 36.2 Å². The van der Waals surface area contributed by atoms with Crippen molar-refractivity contribution in [3.63, 3.8) is 0 Å². The topological polar surface area (TPSA) is 16.1 Å². The molecule has 2 heteroatoms. The van der Waals surface area contributed by atoms with Crippen LogP contribution in [0.4, 0.5) is 0 Å². The van der Waals surface area contributed by atoms with Crippen LogP contribution in [0.15, 0.2) is 24.9 Å². The minimum atomic E-state index is 1.04. The van der Waals surface area contributed by atoms with Crippen LogP contribution < -0.4 is 0 Å². The fraction of sp³-hybridized carbons (Fsp3) is 0.632. The van der Waals surface area contributed by atoms with Crippen molar-refractivity contribution in [1.82, 2.24) is 9.88 Å². The first-order valence-electron chi connectivity index (χ1n) is 8.57. The number of aryl methyl sites for hydroxylation is 1. The Morgan fingerprint density at radius 3 is 2.67 bits per heavy atom. The van der Waals surface area contributed by atoms with Crippen LogP contribution in [0, 0.1) is 12.8 Å². The number of pyridine rings is 1.